The van der Waals surface area contributed by atoms with Crippen LogP contribution >= 0.6 is 11.6 Å². The van der Waals surface area contributed by atoms with Crippen LogP contribution in [-0.4, -0.2) is 71.9 Å². The number of alkyl halides is 5. The predicted octanol–water partition coefficient (Wildman–Crippen LogP) is 3.92. The number of hydrogen-bond donors (Lipinski definition) is 3. The smallest absolute Gasteiger partial charge is 0.389 e. The lowest BCUT2D eigenvalue weighted by Gasteiger charge is -2.27. The molecule has 0 saturated carbocycles. The Labute approximate surface area is 233 Å². The van der Waals surface area contributed by atoms with Crippen LogP contribution in [0, 0.1) is 0 Å². The summed E-state index contributed by atoms with van der Waals surface area (Å²) in [6.45, 7) is -0.181. The third kappa shape index (κ3) is 10.1. The maximum Gasteiger partial charge on any atom is 0.389 e. The number of nitrogens with one attached hydrogen (secondary N) is 2. The molecule has 1 atom stereocenters. The van der Waals surface area contributed by atoms with Gasteiger partial charge in [0.05, 0.1) is 28.1 Å². The average molecular weight is 620 g/mol. The zero-order valence-electron chi connectivity index (χ0n) is 22.0. The van der Waals surface area contributed by atoms with Gasteiger partial charge in [0.1, 0.15) is 5.75 Å². The van der Waals surface area contributed by atoms with Crippen molar-refractivity contribution in [2.24, 2.45) is 0 Å². The van der Waals surface area contributed by atoms with E-state index in [-0.39, 0.29) is 73.0 Å². The summed E-state index contributed by atoms with van der Waals surface area (Å²) in [6, 6.07) is 1.09. The van der Waals surface area contributed by atoms with Crippen LogP contribution in [0.15, 0.2) is 12.3 Å². The summed E-state index contributed by atoms with van der Waals surface area (Å²) < 4.78 is 94.5. The third-order valence-corrected chi connectivity index (χ3v) is 6.97. The Kier molecular flexibility index (Phi) is 11.7. The summed E-state index contributed by atoms with van der Waals surface area (Å²) in [5, 5.41) is 17.2. The van der Waals surface area contributed by atoms with Crippen LogP contribution in [0.5, 0.6) is 5.75 Å². The molecule has 226 valence electrons. The van der Waals surface area contributed by atoms with Gasteiger partial charge in [0.15, 0.2) is 5.69 Å². The highest BCUT2D eigenvalue weighted by Gasteiger charge is 2.30. The molecule has 0 bridgehead atoms. The van der Waals surface area contributed by atoms with Crippen molar-refractivity contribution >= 4 is 27.5 Å². The lowest BCUT2D eigenvalue weighted by atomic mass is 9.96. The molecular weight excluding hydrogens is 589 g/mol. The number of nitrogens with zero attached hydrogens (tertiary/aromatic N) is 3. The Bertz CT molecular complexity index is 1280. The number of pyridine rings is 1. The van der Waals surface area contributed by atoms with Crippen molar-refractivity contribution in [3.8, 4) is 17.0 Å². The average Bonchev–Trinajstić information content (AvgIpc) is 3.17. The second kappa shape index (κ2) is 13.9. The van der Waals surface area contributed by atoms with E-state index >= 15 is 0 Å². The zero-order valence-corrected chi connectivity index (χ0v) is 23.6. The SMILES string of the molecule is CCn1nc(C(=O)NC[C@](O)(CC)CCNS(C)(=O)=O)c(Cl)c1-c1cnc(CCCC(F)(F)F)cc1OC(F)F. The van der Waals surface area contributed by atoms with Gasteiger partial charge < -0.3 is 15.2 Å². The molecule has 0 aliphatic carbocycles. The summed E-state index contributed by atoms with van der Waals surface area (Å²) >= 11 is 6.46. The summed E-state index contributed by atoms with van der Waals surface area (Å²) in [5.74, 6) is -1.20. The van der Waals surface area contributed by atoms with Crippen LogP contribution in [-0.2, 0) is 23.0 Å². The normalized spacial score (nSPS) is 13.9. The maximum absolute atomic E-state index is 13.2. The molecule has 0 radical (unpaired) electrons. The van der Waals surface area contributed by atoms with Gasteiger partial charge >= 0.3 is 12.8 Å². The highest BCUT2D eigenvalue weighted by atomic mass is 35.5. The van der Waals surface area contributed by atoms with Crippen LogP contribution in [0.2, 0.25) is 5.02 Å². The highest BCUT2D eigenvalue weighted by Crippen LogP contribution is 2.38. The van der Waals surface area contributed by atoms with Gasteiger partial charge in [-0.3, -0.25) is 14.5 Å². The first-order valence-corrected chi connectivity index (χ1v) is 14.5. The minimum Gasteiger partial charge on any atom is -0.434 e. The number of aromatic nitrogens is 3. The number of amides is 1. The van der Waals surface area contributed by atoms with E-state index in [1.807, 2.05) is 0 Å². The van der Waals surface area contributed by atoms with Crippen molar-refractivity contribution in [1.29, 1.82) is 0 Å². The zero-order chi connectivity index (χ0) is 30.3. The number of hydrogen-bond acceptors (Lipinski definition) is 7. The molecule has 40 heavy (non-hydrogen) atoms. The van der Waals surface area contributed by atoms with E-state index in [4.69, 9.17) is 11.6 Å². The molecule has 2 rings (SSSR count). The molecule has 0 spiro atoms. The second-order valence-electron chi connectivity index (χ2n) is 9.02. The molecule has 0 aliphatic heterocycles. The first-order valence-electron chi connectivity index (χ1n) is 12.2. The number of carbonyl (C=O) groups is 1. The number of halogens is 6. The molecule has 2 heterocycles. The molecule has 3 N–H and O–H groups in total. The summed E-state index contributed by atoms with van der Waals surface area (Å²) in [5.41, 5.74) is -1.70. The van der Waals surface area contributed by atoms with Gasteiger partial charge in [-0.15, -0.1) is 0 Å². The molecule has 2 aromatic heterocycles. The third-order valence-electron chi connectivity index (χ3n) is 5.89. The fraction of sp³-hybridized carbons (Fsp3) is 0.609. The van der Waals surface area contributed by atoms with Gasteiger partial charge in [0.2, 0.25) is 10.0 Å². The first kappa shape index (κ1) is 33.6. The van der Waals surface area contributed by atoms with Crippen LogP contribution in [0.25, 0.3) is 11.3 Å². The molecule has 0 fully saturated rings. The van der Waals surface area contributed by atoms with Gasteiger partial charge in [-0.25, -0.2) is 13.1 Å². The topological polar surface area (TPSA) is 135 Å². The molecule has 0 saturated heterocycles. The van der Waals surface area contributed by atoms with Crippen LogP contribution in [0.4, 0.5) is 22.0 Å². The van der Waals surface area contributed by atoms with Gasteiger partial charge in [-0.1, -0.05) is 18.5 Å². The van der Waals surface area contributed by atoms with Gasteiger partial charge in [0.25, 0.3) is 5.91 Å². The number of ether oxygens (including phenoxy) is 1. The number of aliphatic hydroxyl groups is 1. The van der Waals surface area contributed by atoms with E-state index in [0.29, 0.717) is 0 Å². The minimum absolute atomic E-state index is 0.00541. The van der Waals surface area contributed by atoms with E-state index in [9.17, 15) is 40.3 Å². The number of carbonyl (C=O) groups excluding carboxylic acids is 1. The van der Waals surface area contributed by atoms with Gasteiger partial charge in [-0.05, 0) is 32.6 Å². The standard InChI is InChI=1S/C23H31ClF5N5O5S/c1-4-22(36,9-10-32-40(3,37)38)13-31-20(35)18-17(24)19(34(5-2)33-18)15-12-30-14(7-6-8-23(27,28)29)11-16(15)39-21(25)26/h11-12,21,32,36H,4-10,13H2,1-3H3,(H,31,35)/t22-/m0/s1. The molecule has 17 heteroatoms. The van der Waals surface area contributed by atoms with E-state index < -0.39 is 46.5 Å². The number of aryl methyl sites for hydroxylation is 2. The summed E-state index contributed by atoms with van der Waals surface area (Å²) in [6.07, 6.45) is -3.65. The highest BCUT2D eigenvalue weighted by molar-refractivity contribution is 7.88. The molecule has 10 nitrogen and oxygen atoms in total. The van der Waals surface area contributed by atoms with Crippen molar-refractivity contribution in [1.82, 2.24) is 24.8 Å². The largest absolute Gasteiger partial charge is 0.434 e. The van der Waals surface area contributed by atoms with Crippen LogP contribution in [0.1, 0.15) is 55.7 Å². The lowest BCUT2D eigenvalue weighted by molar-refractivity contribution is -0.135. The molecule has 0 unspecified atom stereocenters. The molecule has 0 aliphatic rings. The van der Waals surface area contributed by atoms with Crippen molar-refractivity contribution in [2.45, 2.75) is 70.9 Å². The van der Waals surface area contributed by atoms with E-state index in [1.54, 1.807) is 13.8 Å². The summed E-state index contributed by atoms with van der Waals surface area (Å²) in [7, 11) is -3.48. The van der Waals surface area contributed by atoms with Crippen molar-refractivity contribution in [3.63, 3.8) is 0 Å². The lowest BCUT2D eigenvalue weighted by Crippen LogP contribution is -2.44. The Balaban J connectivity index is 2.32. The minimum atomic E-state index is -4.37. The quantitative estimate of drug-likeness (QED) is 0.257. The van der Waals surface area contributed by atoms with Crippen molar-refractivity contribution in [2.75, 3.05) is 19.3 Å². The van der Waals surface area contributed by atoms with Gasteiger partial charge in [0, 0.05) is 44.0 Å². The fourth-order valence-electron chi connectivity index (χ4n) is 3.71. The predicted molar refractivity (Wildman–Crippen MR) is 137 cm³/mol. The van der Waals surface area contributed by atoms with E-state index in [1.165, 1.54) is 4.68 Å². The van der Waals surface area contributed by atoms with Crippen molar-refractivity contribution in [3.05, 3.63) is 28.7 Å². The Morgan fingerprint density at radius 1 is 1.25 bits per heavy atom. The Hall–Kier alpha value is -2.56. The molecule has 2 aromatic rings. The number of rotatable bonds is 15. The van der Waals surface area contributed by atoms with Crippen molar-refractivity contribution < 1.29 is 45.0 Å². The fourth-order valence-corrected chi connectivity index (χ4v) is 4.51. The monoisotopic (exact) mass is 619 g/mol. The Morgan fingerprint density at radius 2 is 1.93 bits per heavy atom. The summed E-state index contributed by atoms with van der Waals surface area (Å²) in [4.78, 5) is 17.0. The van der Waals surface area contributed by atoms with Crippen LogP contribution in [0.3, 0.4) is 0 Å². The Morgan fingerprint density at radius 3 is 2.48 bits per heavy atom. The van der Waals surface area contributed by atoms with Gasteiger partial charge in [-0.2, -0.15) is 27.1 Å². The molecular formula is C23H31ClF5N5O5S. The second-order valence-corrected chi connectivity index (χ2v) is 11.2. The number of sulfonamides is 1. The van der Waals surface area contributed by atoms with Crippen LogP contribution < -0.4 is 14.8 Å². The maximum atomic E-state index is 13.2. The van der Waals surface area contributed by atoms with E-state index in [2.05, 4.69) is 24.9 Å². The van der Waals surface area contributed by atoms with E-state index in [0.717, 1.165) is 18.5 Å². The first-order chi connectivity index (χ1) is 18.5. The molecule has 0 aromatic carbocycles. The molecule has 1 amide bonds.